The number of rotatable bonds is 12. The molecule has 0 aliphatic heterocycles. The van der Waals surface area contributed by atoms with E-state index >= 15 is 8.78 Å². The highest BCUT2D eigenvalue weighted by Crippen LogP contribution is 2.57. The van der Waals surface area contributed by atoms with E-state index in [2.05, 4.69) is 35.3 Å². The monoisotopic (exact) mass is 670 g/mol. The summed E-state index contributed by atoms with van der Waals surface area (Å²) in [7, 11) is -1.40. The maximum atomic E-state index is 15.3. The first-order chi connectivity index (χ1) is 21.2. The molecule has 14 heteroatoms. The summed E-state index contributed by atoms with van der Waals surface area (Å²) in [6, 6.07) is 4.18. The Kier molecular flexibility index (Phi) is 9.52. The Labute approximate surface area is 265 Å². The fourth-order valence-corrected chi connectivity index (χ4v) is 6.81. The van der Waals surface area contributed by atoms with E-state index < -0.39 is 37.0 Å². The van der Waals surface area contributed by atoms with Crippen LogP contribution >= 0.6 is 12.2 Å². The average molecular weight is 671 g/mol. The molecule has 0 atom stereocenters. The molecule has 0 bridgehead atoms. The Morgan fingerprint density at radius 1 is 1.11 bits per heavy atom. The van der Waals surface area contributed by atoms with Crippen molar-refractivity contribution in [2.24, 2.45) is 5.41 Å². The number of alkyl halides is 3. The first-order valence-corrected chi connectivity index (χ1v) is 19.2. The molecule has 5 rings (SSSR count). The highest BCUT2D eigenvalue weighted by Gasteiger charge is 2.60. The first-order valence-electron chi connectivity index (χ1n) is 15.1. The van der Waals surface area contributed by atoms with Crippen molar-refractivity contribution in [3.8, 4) is 11.5 Å². The van der Waals surface area contributed by atoms with Crippen LogP contribution in [0.25, 0.3) is 11.0 Å². The zero-order valence-corrected chi connectivity index (χ0v) is 27.4. The summed E-state index contributed by atoms with van der Waals surface area (Å²) in [5.74, 6) is -3.04. The van der Waals surface area contributed by atoms with Gasteiger partial charge in [0.2, 0.25) is 0 Å². The minimum absolute atomic E-state index is 0.0149. The number of fused-ring (bicyclic) bond motifs is 1. The number of benzene rings is 1. The Morgan fingerprint density at radius 3 is 2.31 bits per heavy atom. The van der Waals surface area contributed by atoms with Crippen LogP contribution in [0.2, 0.25) is 25.7 Å². The van der Waals surface area contributed by atoms with Crippen LogP contribution in [0.15, 0.2) is 30.6 Å². The van der Waals surface area contributed by atoms with Gasteiger partial charge in [0.05, 0.1) is 17.4 Å². The van der Waals surface area contributed by atoms with Crippen LogP contribution in [0.1, 0.15) is 44.1 Å². The van der Waals surface area contributed by atoms with E-state index in [0.29, 0.717) is 19.6 Å². The fraction of sp³-hybridized carbons (Fsp3) is 0.548. The van der Waals surface area contributed by atoms with Crippen LogP contribution < -0.4 is 15.4 Å². The van der Waals surface area contributed by atoms with Crippen LogP contribution in [0.4, 0.5) is 27.6 Å². The molecule has 0 unspecified atom stereocenters. The second kappa shape index (κ2) is 12.8. The normalized spacial score (nSPS) is 17.4. The van der Waals surface area contributed by atoms with E-state index in [1.165, 1.54) is 23.0 Å². The Hall–Kier alpha value is -2.81. The van der Waals surface area contributed by atoms with Gasteiger partial charge in [0.15, 0.2) is 22.5 Å². The average Bonchev–Trinajstić information content (AvgIpc) is 3.25. The maximum absolute atomic E-state index is 15.3. The summed E-state index contributed by atoms with van der Waals surface area (Å²) in [4.78, 5) is 4.34. The topological polar surface area (TPSA) is 80.6 Å². The second-order valence-corrected chi connectivity index (χ2v) is 19.5. The van der Waals surface area contributed by atoms with Crippen molar-refractivity contribution >= 4 is 42.1 Å². The number of pyridine rings is 1. The Bertz CT molecular complexity index is 1520. The number of thiocarbonyl (C=S) groups is 1. The summed E-state index contributed by atoms with van der Waals surface area (Å²) >= 11 is 5.27. The molecule has 3 aromatic rings. The zero-order chi connectivity index (χ0) is 32.6. The lowest BCUT2D eigenvalue weighted by molar-refractivity contribution is -0.212. The molecule has 3 N–H and O–H groups in total. The van der Waals surface area contributed by atoms with Crippen molar-refractivity contribution in [1.82, 2.24) is 14.9 Å². The zero-order valence-electron chi connectivity index (χ0n) is 25.6. The number of hydrogen-bond acceptors (Lipinski definition) is 5. The molecule has 0 amide bonds. The summed E-state index contributed by atoms with van der Waals surface area (Å²) in [5.41, 5.74) is -2.23. The van der Waals surface area contributed by atoms with Gasteiger partial charge in [0.1, 0.15) is 18.1 Å². The molecule has 246 valence electrons. The molecule has 2 fully saturated rings. The molecule has 2 aromatic heterocycles. The van der Waals surface area contributed by atoms with Gasteiger partial charge in [-0.05, 0) is 55.6 Å². The molecule has 0 radical (unpaired) electrons. The standard InChI is InChI=1S/C31H39F5N4O3SSi/c1-45(2,3)13-12-42-19-40-16-21(30(9-5-10-30)31(34,35)36)25-24(6-11-37-27(25)40)43-26-22(32)14-20(15-23(26)33)39-28(44)38-17-29(18-41)7-4-8-29/h6,11,14-16,41H,4-5,7-10,12-13,17-19H2,1-3H3,(H2,38,39,44). The number of hydrogen-bond donors (Lipinski definition) is 3. The van der Waals surface area contributed by atoms with E-state index in [9.17, 15) is 18.3 Å². The van der Waals surface area contributed by atoms with Gasteiger partial charge in [-0.15, -0.1) is 0 Å². The van der Waals surface area contributed by atoms with Crippen molar-refractivity contribution < 1.29 is 36.5 Å². The Morgan fingerprint density at radius 2 is 1.78 bits per heavy atom. The predicted molar refractivity (Wildman–Crippen MR) is 169 cm³/mol. The summed E-state index contributed by atoms with van der Waals surface area (Å²) in [6.07, 6.45) is 1.07. The van der Waals surface area contributed by atoms with Crippen molar-refractivity contribution in [3.05, 3.63) is 47.8 Å². The maximum Gasteiger partial charge on any atom is 0.398 e. The van der Waals surface area contributed by atoms with Crippen molar-refractivity contribution in [2.75, 3.05) is 25.1 Å². The number of ether oxygens (including phenoxy) is 2. The minimum atomic E-state index is -4.55. The van der Waals surface area contributed by atoms with Gasteiger partial charge in [-0.1, -0.05) is 32.5 Å². The molecule has 2 aliphatic carbocycles. The number of nitrogens with zero attached hydrogens (tertiary/aromatic N) is 2. The third kappa shape index (κ3) is 6.98. The van der Waals surface area contributed by atoms with Gasteiger partial charge >= 0.3 is 6.18 Å². The first kappa shape index (κ1) is 33.5. The largest absolute Gasteiger partial charge is 0.450 e. The van der Waals surface area contributed by atoms with Gasteiger partial charge in [-0.3, -0.25) is 0 Å². The van der Waals surface area contributed by atoms with Crippen LogP contribution in [-0.4, -0.2) is 53.8 Å². The lowest BCUT2D eigenvalue weighted by atomic mass is 9.64. The third-order valence-corrected chi connectivity index (χ3v) is 11.0. The molecule has 45 heavy (non-hydrogen) atoms. The molecule has 2 heterocycles. The summed E-state index contributed by atoms with van der Waals surface area (Å²) < 4.78 is 87.4. The van der Waals surface area contributed by atoms with Gasteiger partial charge in [-0.25, -0.2) is 13.8 Å². The van der Waals surface area contributed by atoms with Crippen LogP contribution in [0.3, 0.4) is 0 Å². The quantitative estimate of drug-likeness (QED) is 0.0784. The van der Waals surface area contributed by atoms with Crippen molar-refractivity contribution in [1.29, 1.82) is 0 Å². The minimum Gasteiger partial charge on any atom is -0.450 e. The van der Waals surface area contributed by atoms with Gasteiger partial charge in [0, 0.05) is 56.9 Å². The van der Waals surface area contributed by atoms with E-state index in [-0.39, 0.29) is 64.7 Å². The number of nitrogens with one attached hydrogen (secondary N) is 2. The van der Waals surface area contributed by atoms with E-state index in [1.807, 2.05) is 0 Å². The van der Waals surface area contributed by atoms with Gasteiger partial charge in [-0.2, -0.15) is 13.2 Å². The van der Waals surface area contributed by atoms with Crippen LogP contribution in [-0.2, 0) is 16.9 Å². The molecule has 2 saturated carbocycles. The van der Waals surface area contributed by atoms with Gasteiger partial charge in [0.25, 0.3) is 0 Å². The number of halogens is 5. The Balaban J connectivity index is 1.42. The second-order valence-electron chi connectivity index (χ2n) is 13.5. The van der Waals surface area contributed by atoms with Crippen LogP contribution in [0, 0.1) is 17.0 Å². The number of aliphatic hydroxyl groups is 1. The van der Waals surface area contributed by atoms with E-state index in [4.69, 9.17) is 21.7 Å². The molecule has 0 saturated heterocycles. The lowest BCUT2D eigenvalue weighted by Gasteiger charge is -2.43. The molecular formula is C31H39F5N4O3SSi. The number of aliphatic hydroxyl groups excluding tert-OH is 1. The highest BCUT2D eigenvalue weighted by molar-refractivity contribution is 7.80. The highest BCUT2D eigenvalue weighted by atomic mass is 32.1. The predicted octanol–water partition coefficient (Wildman–Crippen LogP) is 7.85. The molecule has 7 nitrogen and oxygen atoms in total. The smallest absolute Gasteiger partial charge is 0.398 e. The number of aromatic nitrogens is 2. The molecule has 1 aromatic carbocycles. The van der Waals surface area contributed by atoms with E-state index in [1.54, 1.807) is 0 Å². The third-order valence-electron chi connectivity index (χ3n) is 9.05. The van der Waals surface area contributed by atoms with E-state index in [0.717, 1.165) is 37.4 Å². The summed E-state index contributed by atoms with van der Waals surface area (Å²) in [6.45, 7) is 7.45. The van der Waals surface area contributed by atoms with Crippen molar-refractivity contribution in [3.63, 3.8) is 0 Å². The number of anilines is 1. The van der Waals surface area contributed by atoms with Gasteiger partial charge < -0.3 is 29.8 Å². The lowest BCUT2D eigenvalue weighted by Crippen LogP contribution is -2.47. The molecule has 0 spiro atoms. The molecular weight excluding hydrogens is 632 g/mol. The molecule has 2 aliphatic rings. The van der Waals surface area contributed by atoms with Crippen LogP contribution in [0.5, 0.6) is 11.5 Å². The van der Waals surface area contributed by atoms with Crippen molar-refractivity contribution in [2.45, 2.75) is 82.5 Å². The SMILES string of the molecule is C[Si](C)(C)CCOCn1cc(C2(C(F)(F)F)CCC2)c2c(Oc3c(F)cc(NC(=S)NCC4(CO)CCC4)cc3F)ccnc21. The summed E-state index contributed by atoms with van der Waals surface area (Å²) in [5, 5.41) is 15.5. The fourth-order valence-electron chi connectivity index (χ4n) is 5.86.